The number of nitrogens with two attached hydrogens (primary N) is 1. The van der Waals surface area contributed by atoms with E-state index in [0.717, 1.165) is 13.1 Å². The topological polar surface area (TPSA) is 29.3 Å². The van der Waals surface area contributed by atoms with Gasteiger partial charge in [-0.1, -0.05) is 24.3 Å². The zero-order valence-corrected chi connectivity index (χ0v) is 13.3. The zero-order valence-electron chi connectivity index (χ0n) is 10.9. The molecule has 19 heavy (non-hydrogen) atoms. The van der Waals surface area contributed by atoms with Gasteiger partial charge in [0.2, 0.25) is 0 Å². The van der Waals surface area contributed by atoms with Gasteiger partial charge in [-0.15, -0.1) is 11.3 Å². The van der Waals surface area contributed by atoms with Gasteiger partial charge in [0.05, 0.1) is 6.04 Å². The summed E-state index contributed by atoms with van der Waals surface area (Å²) in [5, 5.41) is 0. The van der Waals surface area contributed by atoms with Crippen molar-refractivity contribution in [1.82, 2.24) is 4.90 Å². The number of rotatable bonds is 3. The summed E-state index contributed by atoms with van der Waals surface area (Å²) in [6.45, 7) is 4.82. The van der Waals surface area contributed by atoms with Crippen molar-refractivity contribution in [2.24, 2.45) is 5.73 Å². The van der Waals surface area contributed by atoms with Gasteiger partial charge >= 0.3 is 0 Å². The van der Waals surface area contributed by atoms with Crippen LogP contribution in [0.3, 0.4) is 0 Å². The first-order valence-corrected chi connectivity index (χ1v) is 8.06. The SMILES string of the molecule is Cc1sc(C(CN)N2Cc3ccccc3C2)cc1Br. The van der Waals surface area contributed by atoms with Crippen molar-refractivity contribution in [2.75, 3.05) is 6.54 Å². The van der Waals surface area contributed by atoms with E-state index in [-0.39, 0.29) is 0 Å². The monoisotopic (exact) mass is 336 g/mol. The molecule has 0 amide bonds. The molecule has 3 rings (SSSR count). The van der Waals surface area contributed by atoms with E-state index < -0.39 is 0 Å². The van der Waals surface area contributed by atoms with Crippen LogP contribution in [0.25, 0.3) is 0 Å². The molecule has 0 radical (unpaired) electrons. The van der Waals surface area contributed by atoms with Crippen LogP contribution in [-0.4, -0.2) is 11.4 Å². The highest BCUT2D eigenvalue weighted by atomic mass is 79.9. The Morgan fingerprint density at radius 3 is 2.42 bits per heavy atom. The van der Waals surface area contributed by atoms with Gasteiger partial charge in [0.1, 0.15) is 0 Å². The molecule has 2 nitrogen and oxygen atoms in total. The fraction of sp³-hybridized carbons (Fsp3) is 0.333. The molecule has 0 aliphatic carbocycles. The molecule has 1 atom stereocenters. The highest BCUT2D eigenvalue weighted by molar-refractivity contribution is 9.10. The van der Waals surface area contributed by atoms with Crippen LogP contribution in [0, 0.1) is 6.92 Å². The van der Waals surface area contributed by atoms with Crippen LogP contribution in [0.5, 0.6) is 0 Å². The molecule has 2 aromatic rings. The zero-order chi connectivity index (χ0) is 13.4. The molecule has 0 fully saturated rings. The number of nitrogens with zero attached hydrogens (tertiary/aromatic N) is 1. The van der Waals surface area contributed by atoms with Gasteiger partial charge in [0.25, 0.3) is 0 Å². The summed E-state index contributed by atoms with van der Waals surface area (Å²) in [4.78, 5) is 5.16. The van der Waals surface area contributed by atoms with Gasteiger partial charge in [0, 0.05) is 33.9 Å². The first-order chi connectivity index (χ1) is 9.19. The van der Waals surface area contributed by atoms with E-state index >= 15 is 0 Å². The number of thiophene rings is 1. The van der Waals surface area contributed by atoms with Gasteiger partial charge in [-0.3, -0.25) is 4.90 Å². The minimum Gasteiger partial charge on any atom is -0.329 e. The van der Waals surface area contributed by atoms with Crippen LogP contribution in [0.4, 0.5) is 0 Å². The molecule has 1 unspecified atom stereocenters. The fourth-order valence-electron chi connectivity index (χ4n) is 2.67. The molecular weight excluding hydrogens is 320 g/mol. The number of halogens is 1. The number of aryl methyl sites for hydroxylation is 1. The summed E-state index contributed by atoms with van der Waals surface area (Å²) in [5.41, 5.74) is 8.90. The summed E-state index contributed by atoms with van der Waals surface area (Å²) in [6, 6.07) is 11.2. The Kier molecular flexibility index (Phi) is 3.76. The van der Waals surface area contributed by atoms with Crippen molar-refractivity contribution in [3.8, 4) is 0 Å². The summed E-state index contributed by atoms with van der Waals surface area (Å²) >= 11 is 5.45. The Bertz CT molecular complexity index is 549. The molecule has 0 saturated heterocycles. The van der Waals surface area contributed by atoms with Gasteiger partial charge < -0.3 is 5.73 Å². The van der Waals surface area contributed by atoms with E-state index in [1.54, 1.807) is 0 Å². The largest absolute Gasteiger partial charge is 0.329 e. The highest BCUT2D eigenvalue weighted by Crippen LogP contribution is 2.36. The summed E-state index contributed by atoms with van der Waals surface area (Å²) in [5.74, 6) is 0. The molecule has 4 heteroatoms. The number of hydrogen-bond donors (Lipinski definition) is 1. The Labute approximate surface area is 126 Å². The minimum atomic E-state index is 0.322. The van der Waals surface area contributed by atoms with Crippen LogP contribution >= 0.6 is 27.3 Å². The van der Waals surface area contributed by atoms with Crippen molar-refractivity contribution in [2.45, 2.75) is 26.1 Å². The standard InChI is InChI=1S/C15H17BrN2S/c1-10-13(16)6-15(19-10)14(7-17)18-8-11-4-2-3-5-12(11)9-18/h2-6,14H,7-9,17H2,1H3. The van der Waals surface area contributed by atoms with Gasteiger partial charge in [-0.25, -0.2) is 0 Å². The minimum absolute atomic E-state index is 0.322. The smallest absolute Gasteiger partial charge is 0.0571 e. The molecule has 100 valence electrons. The van der Waals surface area contributed by atoms with E-state index in [1.165, 1.54) is 25.4 Å². The lowest BCUT2D eigenvalue weighted by atomic mass is 10.1. The number of fused-ring (bicyclic) bond motifs is 1. The van der Waals surface area contributed by atoms with Crippen LogP contribution in [0.15, 0.2) is 34.8 Å². The van der Waals surface area contributed by atoms with E-state index in [2.05, 4.69) is 58.1 Å². The molecule has 1 aliphatic heterocycles. The van der Waals surface area contributed by atoms with Crippen molar-refractivity contribution in [1.29, 1.82) is 0 Å². The summed E-state index contributed by atoms with van der Waals surface area (Å²) in [6.07, 6.45) is 0. The molecule has 0 saturated carbocycles. The molecule has 2 N–H and O–H groups in total. The second kappa shape index (κ2) is 5.37. The number of hydrogen-bond acceptors (Lipinski definition) is 3. The fourth-order valence-corrected chi connectivity index (χ4v) is 4.38. The first kappa shape index (κ1) is 13.3. The molecular formula is C15H17BrN2S. The van der Waals surface area contributed by atoms with Crippen molar-refractivity contribution < 1.29 is 0 Å². The highest BCUT2D eigenvalue weighted by Gasteiger charge is 2.27. The molecule has 0 bridgehead atoms. The Morgan fingerprint density at radius 2 is 1.95 bits per heavy atom. The second-order valence-corrected chi connectivity index (χ2v) is 7.12. The van der Waals surface area contributed by atoms with E-state index in [1.807, 2.05) is 11.3 Å². The Balaban J connectivity index is 1.85. The number of benzene rings is 1. The maximum absolute atomic E-state index is 6.03. The summed E-state index contributed by atoms with van der Waals surface area (Å²) in [7, 11) is 0. The van der Waals surface area contributed by atoms with Gasteiger partial charge in [0.15, 0.2) is 0 Å². The molecule has 1 aliphatic rings. The van der Waals surface area contributed by atoms with Crippen LogP contribution in [0.1, 0.15) is 26.9 Å². The lowest BCUT2D eigenvalue weighted by Crippen LogP contribution is -2.28. The Morgan fingerprint density at radius 1 is 1.32 bits per heavy atom. The molecule has 1 aromatic heterocycles. The molecule has 0 spiro atoms. The van der Waals surface area contributed by atoms with E-state index in [4.69, 9.17) is 5.73 Å². The first-order valence-electron chi connectivity index (χ1n) is 6.45. The maximum Gasteiger partial charge on any atom is 0.0571 e. The lowest BCUT2D eigenvalue weighted by Gasteiger charge is -2.25. The van der Waals surface area contributed by atoms with Crippen molar-refractivity contribution >= 4 is 27.3 Å². The predicted octanol–water partition coefficient (Wildman–Crippen LogP) is 3.83. The van der Waals surface area contributed by atoms with Gasteiger partial charge in [-0.2, -0.15) is 0 Å². The van der Waals surface area contributed by atoms with E-state index in [9.17, 15) is 0 Å². The van der Waals surface area contributed by atoms with E-state index in [0.29, 0.717) is 12.6 Å². The van der Waals surface area contributed by atoms with Gasteiger partial charge in [-0.05, 0) is 40.0 Å². The van der Waals surface area contributed by atoms with Crippen LogP contribution in [0.2, 0.25) is 0 Å². The quantitative estimate of drug-likeness (QED) is 0.922. The van der Waals surface area contributed by atoms with Crippen LogP contribution in [-0.2, 0) is 13.1 Å². The molecule has 1 aromatic carbocycles. The average molecular weight is 337 g/mol. The normalized spacial score (nSPS) is 16.6. The third-order valence-electron chi connectivity index (χ3n) is 3.73. The van der Waals surface area contributed by atoms with Crippen molar-refractivity contribution in [3.63, 3.8) is 0 Å². The Hall–Kier alpha value is -0.680. The summed E-state index contributed by atoms with van der Waals surface area (Å²) < 4.78 is 1.20. The maximum atomic E-state index is 6.03. The third kappa shape index (κ3) is 2.50. The second-order valence-electron chi connectivity index (χ2n) is 4.98. The predicted molar refractivity (Wildman–Crippen MR) is 84.2 cm³/mol. The molecule has 2 heterocycles. The third-order valence-corrected chi connectivity index (χ3v) is 5.97. The lowest BCUT2D eigenvalue weighted by molar-refractivity contribution is 0.208. The average Bonchev–Trinajstić information content (AvgIpc) is 2.95. The van der Waals surface area contributed by atoms with Crippen molar-refractivity contribution in [3.05, 3.63) is 55.7 Å². The van der Waals surface area contributed by atoms with Crippen LogP contribution < -0.4 is 5.73 Å².